The Morgan fingerprint density at radius 2 is 1.75 bits per heavy atom. The number of nitrogens with zero attached hydrogens (tertiary/aromatic N) is 1. The van der Waals surface area contributed by atoms with Gasteiger partial charge in [-0.1, -0.05) is 44.2 Å². The van der Waals surface area contributed by atoms with E-state index in [0.717, 1.165) is 12.8 Å². The van der Waals surface area contributed by atoms with Crippen molar-refractivity contribution in [2.24, 2.45) is 0 Å². The molecular formula is C21H25BrN2O3S. The van der Waals surface area contributed by atoms with E-state index < -0.39 is 10.0 Å². The van der Waals surface area contributed by atoms with Gasteiger partial charge in [-0.3, -0.25) is 4.79 Å². The number of hydrogen-bond acceptors (Lipinski definition) is 3. The van der Waals surface area contributed by atoms with E-state index in [-0.39, 0.29) is 16.2 Å². The molecule has 1 N–H and O–H groups in total. The maximum atomic E-state index is 12.8. The summed E-state index contributed by atoms with van der Waals surface area (Å²) in [5.74, 6) is -0.273. The Morgan fingerprint density at radius 3 is 2.32 bits per heavy atom. The van der Waals surface area contributed by atoms with Gasteiger partial charge in [-0.25, -0.2) is 8.42 Å². The maximum Gasteiger partial charge on any atom is 0.252 e. The third kappa shape index (κ3) is 4.16. The molecule has 5 nitrogen and oxygen atoms in total. The third-order valence-electron chi connectivity index (χ3n) is 5.35. The normalized spacial score (nSPS) is 15.4. The lowest BCUT2D eigenvalue weighted by Crippen LogP contribution is -2.33. The molecule has 28 heavy (non-hydrogen) atoms. The van der Waals surface area contributed by atoms with Gasteiger partial charge >= 0.3 is 0 Å². The first kappa shape index (κ1) is 21.0. The molecule has 0 unspecified atom stereocenters. The Hall–Kier alpha value is -1.70. The first-order chi connectivity index (χ1) is 13.3. The minimum absolute atomic E-state index is 0.00565. The van der Waals surface area contributed by atoms with Crippen molar-refractivity contribution in [3.63, 3.8) is 0 Å². The van der Waals surface area contributed by atoms with Gasteiger partial charge in [0.25, 0.3) is 5.91 Å². The van der Waals surface area contributed by atoms with Crippen LogP contribution >= 0.6 is 15.9 Å². The van der Waals surface area contributed by atoms with Gasteiger partial charge in [-0.15, -0.1) is 0 Å². The Bertz CT molecular complexity index is 953. The number of amides is 1. The van der Waals surface area contributed by atoms with E-state index in [1.165, 1.54) is 22.0 Å². The standard InChI is InChI=1S/C21H25BrN2O3S/c1-3-24(4-2)28(26,27)17-10-11-19(22)18(14-17)20(25)23-15-21(12-13-21)16-8-6-5-7-9-16/h5-11,14H,3-4,12-13,15H2,1-2H3,(H,23,25). The molecule has 1 aliphatic carbocycles. The number of carbonyl (C=O) groups excluding carboxylic acids is 1. The van der Waals surface area contributed by atoms with Gasteiger partial charge in [-0.2, -0.15) is 4.31 Å². The molecule has 2 aromatic rings. The molecule has 7 heteroatoms. The van der Waals surface area contributed by atoms with Crippen molar-refractivity contribution in [1.29, 1.82) is 0 Å². The average molecular weight is 465 g/mol. The first-order valence-electron chi connectivity index (χ1n) is 9.47. The number of rotatable bonds is 8. The minimum Gasteiger partial charge on any atom is -0.351 e. The first-order valence-corrected chi connectivity index (χ1v) is 11.7. The topological polar surface area (TPSA) is 66.5 Å². The van der Waals surface area contributed by atoms with E-state index in [4.69, 9.17) is 0 Å². The molecule has 0 bridgehead atoms. The summed E-state index contributed by atoms with van der Waals surface area (Å²) >= 11 is 3.38. The van der Waals surface area contributed by atoms with Gasteiger partial charge in [0.1, 0.15) is 0 Å². The second kappa shape index (κ2) is 8.35. The van der Waals surface area contributed by atoms with E-state index in [9.17, 15) is 13.2 Å². The highest BCUT2D eigenvalue weighted by molar-refractivity contribution is 9.10. The molecule has 0 spiro atoms. The van der Waals surface area contributed by atoms with Crippen LogP contribution in [0.25, 0.3) is 0 Å². The monoisotopic (exact) mass is 464 g/mol. The van der Waals surface area contributed by atoms with Crippen molar-refractivity contribution < 1.29 is 13.2 Å². The van der Waals surface area contributed by atoms with Crippen LogP contribution in [0, 0.1) is 0 Å². The van der Waals surface area contributed by atoms with Crippen LogP contribution in [0.15, 0.2) is 57.9 Å². The zero-order chi connectivity index (χ0) is 20.4. The fourth-order valence-corrected chi connectivity index (χ4v) is 5.32. The highest BCUT2D eigenvalue weighted by atomic mass is 79.9. The number of benzene rings is 2. The largest absolute Gasteiger partial charge is 0.351 e. The Labute approximate surface area is 175 Å². The van der Waals surface area contributed by atoms with Gasteiger partial charge in [0.2, 0.25) is 10.0 Å². The van der Waals surface area contributed by atoms with E-state index in [0.29, 0.717) is 29.7 Å². The lowest BCUT2D eigenvalue weighted by atomic mass is 9.96. The van der Waals surface area contributed by atoms with Gasteiger partial charge in [-0.05, 0) is 52.5 Å². The zero-order valence-electron chi connectivity index (χ0n) is 16.1. The Morgan fingerprint density at radius 1 is 1.11 bits per heavy atom. The molecule has 1 aliphatic rings. The fraction of sp³-hybridized carbons (Fsp3) is 0.381. The summed E-state index contributed by atoms with van der Waals surface area (Å²) in [6.07, 6.45) is 2.07. The molecule has 0 heterocycles. The lowest BCUT2D eigenvalue weighted by Gasteiger charge is -2.20. The van der Waals surface area contributed by atoms with Gasteiger partial charge < -0.3 is 5.32 Å². The minimum atomic E-state index is -3.62. The summed E-state index contributed by atoms with van der Waals surface area (Å²) in [7, 11) is -3.62. The molecule has 0 aromatic heterocycles. The molecule has 2 aromatic carbocycles. The van der Waals surface area contributed by atoms with Gasteiger partial charge in [0, 0.05) is 29.5 Å². The van der Waals surface area contributed by atoms with Crippen LogP contribution in [0.1, 0.15) is 42.6 Å². The molecule has 1 fully saturated rings. The highest BCUT2D eigenvalue weighted by Crippen LogP contribution is 2.47. The van der Waals surface area contributed by atoms with Crippen LogP contribution in [0.5, 0.6) is 0 Å². The van der Waals surface area contributed by atoms with Crippen molar-refractivity contribution in [3.05, 3.63) is 64.1 Å². The predicted molar refractivity (Wildman–Crippen MR) is 114 cm³/mol. The molecule has 0 aliphatic heterocycles. The highest BCUT2D eigenvalue weighted by Gasteiger charge is 2.44. The quantitative estimate of drug-likeness (QED) is 0.642. The van der Waals surface area contributed by atoms with Crippen LogP contribution < -0.4 is 5.32 Å². The van der Waals surface area contributed by atoms with Crippen LogP contribution in [0.3, 0.4) is 0 Å². The van der Waals surface area contributed by atoms with Crippen molar-refractivity contribution in [2.75, 3.05) is 19.6 Å². The average Bonchev–Trinajstić information content (AvgIpc) is 3.49. The molecule has 0 radical (unpaired) electrons. The number of nitrogens with one attached hydrogen (secondary N) is 1. The molecule has 3 rings (SSSR count). The van der Waals surface area contributed by atoms with Crippen LogP contribution in [-0.2, 0) is 15.4 Å². The van der Waals surface area contributed by atoms with Crippen molar-refractivity contribution in [1.82, 2.24) is 9.62 Å². The van der Waals surface area contributed by atoms with Crippen molar-refractivity contribution in [3.8, 4) is 0 Å². The Balaban J connectivity index is 1.79. The van der Waals surface area contributed by atoms with E-state index >= 15 is 0 Å². The predicted octanol–water partition coefficient (Wildman–Crippen LogP) is 3.94. The van der Waals surface area contributed by atoms with Crippen LogP contribution in [-0.4, -0.2) is 38.3 Å². The lowest BCUT2D eigenvalue weighted by molar-refractivity contribution is 0.0948. The van der Waals surface area contributed by atoms with Crippen molar-refractivity contribution >= 4 is 31.9 Å². The molecule has 1 saturated carbocycles. The molecular weight excluding hydrogens is 440 g/mol. The molecule has 0 atom stereocenters. The van der Waals surface area contributed by atoms with E-state index in [1.807, 2.05) is 18.2 Å². The fourth-order valence-electron chi connectivity index (χ4n) is 3.41. The zero-order valence-corrected chi connectivity index (χ0v) is 18.5. The number of hydrogen-bond donors (Lipinski definition) is 1. The van der Waals surface area contributed by atoms with E-state index in [1.54, 1.807) is 19.9 Å². The molecule has 150 valence electrons. The Kier molecular flexibility index (Phi) is 6.27. The summed E-state index contributed by atoms with van der Waals surface area (Å²) in [6.45, 7) is 4.90. The molecule has 0 saturated heterocycles. The summed E-state index contributed by atoms with van der Waals surface area (Å²) < 4.78 is 27.5. The van der Waals surface area contributed by atoms with Gasteiger partial charge in [0.05, 0.1) is 10.5 Å². The maximum absolute atomic E-state index is 12.8. The third-order valence-corrected chi connectivity index (χ3v) is 8.09. The van der Waals surface area contributed by atoms with Gasteiger partial charge in [0.15, 0.2) is 0 Å². The van der Waals surface area contributed by atoms with E-state index in [2.05, 4.69) is 33.4 Å². The second-order valence-corrected chi connectivity index (χ2v) is 9.85. The number of carbonyl (C=O) groups is 1. The summed E-state index contributed by atoms with van der Waals surface area (Å²) in [5, 5.41) is 3.00. The summed E-state index contributed by atoms with van der Waals surface area (Å²) in [6, 6.07) is 14.8. The SMILES string of the molecule is CCN(CC)S(=O)(=O)c1ccc(Br)c(C(=O)NCC2(c3ccccc3)CC2)c1. The van der Waals surface area contributed by atoms with Crippen LogP contribution in [0.2, 0.25) is 0 Å². The smallest absolute Gasteiger partial charge is 0.252 e. The number of halogens is 1. The number of sulfonamides is 1. The summed E-state index contributed by atoms with van der Waals surface area (Å²) in [5.41, 5.74) is 1.55. The van der Waals surface area contributed by atoms with Crippen molar-refractivity contribution in [2.45, 2.75) is 37.0 Å². The second-order valence-electron chi connectivity index (χ2n) is 7.06. The van der Waals surface area contributed by atoms with Crippen LogP contribution in [0.4, 0.5) is 0 Å². The molecule has 1 amide bonds. The summed E-state index contributed by atoms with van der Waals surface area (Å²) in [4.78, 5) is 12.9.